The van der Waals surface area contributed by atoms with Crippen LogP contribution in [-0.4, -0.2) is 50.1 Å². The van der Waals surface area contributed by atoms with Gasteiger partial charge in [-0.15, -0.1) is 0 Å². The lowest BCUT2D eigenvalue weighted by Crippen LogP contribution is -2.35. The van der Waals surface area contributed by atoms with Crippen molar-refractivity contribution in [1.82, 2.24) is 10.2 Å². The van der Waals surface area contributed by atoms with Gasteiger partial charge in [-0.3, -0.25) is 9.59 Å². The van der Waals surface area contributed by atoms with Crippen LogP contribution in [0, 0.1) is 5.92 Å². The molecule has 1 atom stereocenters. The molecule has 2 heterocycles. The lowest BCUT2D eigenvalue weighted by Gasteiger charge is -2.26. The van der Waals surface area contributed by atoms with Crippen LogP contribution in [0.25, 0.3) is 0 Å². The maximum atomic E-state index is 12.0. The summed E-state index contributed by atoms with van der Waals surface area (Å²) in [7, 11) is 1.64. The first-order valence-electron chi connectivity index (χ1n) is 9.00. The summed E-state index contributed by atoms with van der Waals surface area (Å²) < 4.78 is 11.1. The van der Waals surface area contributed by atoms with Gasteiger partial charge in [0.15, 0.2) is 11.5 Å². The van der Waals surface area contributed by atoms with Crippen molar-refractivity contribution in [3.8, 4) is 11.5 Å². The number of amides is 2. The van der Waals surface area contributed by atoms with Crippen molar-refractivity contribution >= 4 is 11.8 Å². The number of rotatable bonds is 7. The lowest BCUT2D eigenvalue weighted by atomic mass is 9.96. The van der Waals surface area contributed by atoms with Crippen molar-refractivity contribution in [3.63, 3.8) is 0 Å². The molecule has 1 aromatic rings. The van der Waals surface area contributed by atoms with Crippen molar-refractivity contribution in [2.45, 2.75) is 32.1 Å². The minimum Gasteiger partial charge on any atom is -0.493 e. The van der Waals surface area contributed by atoms with Gasteiger partial charge in [0.1, 0.15) is 0 Å². The molecule has 1 N–H and O–H groups in total. The number of methoxy groups -OCH3 is 1. The molecule has 3 rings (SSSR count). The molecule has 25 heavy (non-hydrogen) atoms. The average molecular weight is 346 g/mol. The number of nitrogens with one attached hydrogen (secondary N) is 1. The molecule has 1 fully saturated rings. The number of hydrogen-bond donors (Lipinski definition) is 1. The maximum Gasteiger partial charge on any atom is 0.222 e. The summed E-state index contributed by atoms with van der Waals surface area (Å²) in [5, 5.41) is 2.99. The fraction of sp³-hybridized carbons (Fsp3) is 0.579. The van der Waals surface area contributed by atoms with E-state index in [-0.39, 0.29) is 17.7 Å². The maximum absolute atomic E-state index is 12.0. The second-order valence-electron chi connectivity index (χ2n) is 6.72. The zero-order valence-electron chi connectivity index (χ0n) is 14.8. The second-order valence-corrected chi connectivity index (χ2v) is 6.72. The number of carbonyl (C=O) groups excluding carboxylic acids is 2. The highest BCUT2D eigenvalue weighted by Crippen LogP contribution is 2.35. The van der Waals surface area contributed by atoms with Crippen LogP contribution in [0.1, 0.15) is 31.2 Å². The van der Waals surface area contributed by atoms with Crippen LogP contribution in [0.4, 0.5) is 0 Å². The standard InChI is InChI=1S/C19H26N2O4/c1-24-16-6-2-5-15-11-14(13-25-19(15)16)12-20-17(22)7-3-9-21-10-4-8-18(21)23/h2,5-6,14H,3-4,7-13H2,1H3,(H,20,22). The molecule has 0 aromatic heterocycles. The van der Waals surface area contributed by atoms with E-state index in [1.807, 2.05) is 23.1 Å². The summed E-state index contributed by atoms with van der Waals surface area (Å²) in [6, 6.07) is 5.90. The number of benzene rings is 1. The second kappa shape index (κ2) is 8.23. The van der Waals surface area contributed by atoms with Gasteiger partial charge in [-0.1, -0.05) is 12.1 Å². The van der Waals surface area contributed by atoms with Crippen LogP contribution in [0.3, 0.4) is 0 Å². The molecule has 2 aliphatic heterocycles. The van der Waals surface area contributed by atoms with Gasteiger partial charge < -0.3 is 19.7 Å². The minimum absolute atomic E-state index is 0.0445. The van der Waals surface area contributed by atoms with E-state index >= 15 is 0 Å². The van der Waals surface area contributed by atoms with E-state index in [0.717, 1.165) is 42.9 Å². The molecular weight excluding hydrogens is 320 g/mol. The van der Waals surface area contributed by atoms with Crippen LogP contribution < -0.4 is 14.8 Å². The van der Waals surface area contributed by atoms with Gasteiger partial charge in [0.05, 0.1) is 13.7 Å². The number of nitrogens with zero attached hydrogens (tertiary/aromatic N) is 1. The molecular formula is C19H26N2O4. The fourth-order valence-electron chi connectivity index (χ4n) is 3.47. The fourth-order valence-corrected chi connectivity index (χ4v) is 3.47. The third kappa shape index (κ3) is 4.44. The zero-order valence-corrected chi connectivity index (χ0v) is 14.8. The highest BCUT2D eigenvalue weighted by Gasteiger charge is 2.23. The Kier molecular flexibility index (Phi) is 5.79. The molecule has 1 unspecified atom stereocenters. The highest BCUT2D eigenvalue weighted by molar-refractivity contribution is 5.78. The number of para-hydroxylation sites is 1. The Morgan fingerprint density at radius 2 is 2.32 bits per heavy atom. The molecule has 1 aromatic carbocycles. The van der Waals surface area contributed by atoms with E-state index < -0.39 is 0 Å². The Hall–Kier alpha value is -2.24. The van der Waals surface area contributed by atoms with Crippen molar-refractivity contribution in [1.29, 1.82) is 0 Å². The van der Waals surface area contributed by atoms with Crippen molar-refractivity contribution in [2.24, 2.45) is 5.92 Å². The van der Waals surface area contributed by atoms with E-state index in [1.54, 1.807) is 7.11 Å². The van der Waals surface area contributed by atoms with Gasteiger partial charge in [0, 0.05) is 38.4 Å². The monoisotopic (exact) mass is 346 g/mol. The summed E-state index contributed by atoms with van der Waals surface area (Å²) in [6.45, 7) is 2.71. The molecule has 0 radical (unpaired) electrons. The smallest absolute Gasteiger partial charge is 0.222 e. The van der Waals surface area contributed by atoms with E-state index in [2.05, 4.69) is 5.32 Å². The average Bonchev–Trinajstić information content (AvgIpc) is 3.04. The molecule has 0 bridgehead atoms. The van der Waals surface area contributed by atoms with Crippen molar-refractivity contribution in [3.05, 3.63) is 23.8 Å². The SMILES string of the molecule is COc1cccc2c1OCC(CNC(=O)CCCN1CCCC1=O)C2. The Bertz CT molecular complexity index is 632. The summed E-state index contributed by atoms with van der Waals surface area (Å²) in [4.78, 5) is 25.4. The predicted octanol–water partition coefficient (Wildman–Crippen LogP) is 1.77. The molecule has 0 saturated carbocycles. The summed E-state index contributed by atoms with van der Waals surface area (Å²) in [5.41, 5.74) is 1.12. The number of likely N-dealkylation sites (tertiary alicyclic amines) is 1. The number of hydrogen-bond acceptors (Lipinski definition) is 4. The molecule has 6 heteroatoms. The largest absolute Gasteiger partial charge is 0.493 e. The third-order valence-electron chi connectivity index (χ3n) is 4.84. The summed E-state index contributed by atoms with van der Waals surface area (Å²) in [6.07, 6.45) is 3.65. The van der Waals surface area contributed by atoms with Gasteiger partial charge in [-0.25, -0.2) is 0 Å². The predicted molar refractivity (Wildman–Crippen MR) is 93.7 cm³/mol. The normalized spacial score (nSPS) is 19.3. The van der Waals surface area contributed by atoms with Gasteiger partial charge in [0.25, 0.3) is 0 Å². The first-order valence-corrected chi connectivity index (χ1v) is 9.00. The van der Waals surface area contributed by atoms with Crippen molar-refractivity contribution in [2.75, 3.05) is 33.4 Å². The van der Waals surface area contributed by atoms with E-state index in [1.165, 1.54) is 0 Å². The van der Waals surface area contributed by atoms with Gasteiger partial charge in [-0.2, -0.15) is 0 Å². The molecule has 0 spiro atoms. The van der Waals surface area contributed by atoms with Crippen LogP contribution >= 0.6 is 0 Å². The molecule has 1 saturated heterocycles. The Labute approximate surface area is 148 Å². The molecule has 0 aliphatic carbocycles. The highest BCUT2D eigenvalue weighted by atomic mass is 16.5. The Morgan fingerprint density at radius 3 is 3.08 bits per heavy atom. The summed E-state index contributed by atoms with van der Waals surface area (Å²) >= 11 is 0. The Morgan fingerprint density at radius 1 is 1.44 bits per heavy atom. The van der Waals surface area contributed by atoms with Crippen LogP contribution in [0.5, 0.6) is 11.5 Å². The number of carbonyl (C=O) groups is 2. The molecule has 6 nitrogen and oxygen atoms in total. The number of ether oxygens (including phenoxy) is 2. The van der Waals surface area contributed by atoms with E-state index in [4.69, 9.17) is 9.47 Å². The van der Waals surface area contributed by atoms with E-state index in [9.17, 15) is 9.59 Å². The topological polar surface area (TPSA) is 67.9 Å². The van der Waals surface area contributed by atoms with Crippen LogP contribution in [0.15, 0.2) is 18.2 Å². The van der Waals surface area contributed by atoms with Gasteiger partial charge in [0.2, 0.25) is 11.8 Å². The van der Waals surface area contributed by atoms with Gasteiger partial charge >= 0.3 is 0 Å². The van der Waals surface area contributed by atoms with Gasteiger partial charge in [-0.05, 0) is 30.9 Å². The van der Waals surface area contributed by atoms with Crippen LogP contribution in [-0.2, 0) is 16.0 Å². The van der Waals surface area contributed by atoms with Crippen molar-refractivity contribution < 1.29 is 19.1 Å². The number of fused-ring (bicyclic) bond motifs is 1. The first-order chi connectivity index (χ1) is 12.2. The Balaban J connectivity index is 1.38. The molecule has 2 amide bonds. The van der Waals surface area contributed by atoms with E-state index in [0.29, 0.717) is 32.5 Å². The molecule has 2 aliphatic rings. The first kappa shape index (κ1) is 17.6. The lowest BCUT2D eigenvalue weighted by molar-refractivity contribution is -0.128. The molecule has 136 valence electrons. The third-order valence-corrected chi connectivity index (χ3v) is 4.84. The zero-order chi connectivity index (χ0) is 17.6. The quantitative estimate of drug-likeness (QED) is 0.817. The summed E-state index contributed by atoms with van der Waals surface area (Å²) in [5.74, 6) is 2.11. The van der Waals surface area contributed by atoms with Crippen LogP contribution in [0.2, 0.25) is 0 Å². The minimum atomic E-state index is 0.0445.